The molecule has 0 radical (unpaired) electrons. The summed E-state index contributed by atoms with van der Waals surface area (Å²) in [6, 6.07) is 2.24. The molecular formula is C14H22N2O2. The van der Waals surface area contributed by atoms with Gasteiger partial charge in [0.15, 0.2) is 5.60 Å². The molecule has 0 aromatic carbocycles. The van der Waals surface area contributed by atoms with Crippen LogP contribution in [-0.2, 0) is 9.53 Å². The second-order valence-electron chi connectivity index (χ2n) is 5.65. The fourth-order valence-corrected chi connectivity index (χ4v) is 3.20. The van der Waals surface area contributed by atoms with Crippen molar-refractivity contribution in [1.29, 1.82) is 5.26 Å². The molecule has 0 spiro atoms. The molecule has 4 heteroatoms. The minimum atomic E-state index is -0.669. The number of rotatable bonds is 2. The molecule has 1 heterocycles. The Kier molecular flexibility index (Phi) is 3.91. The number of carbonyl (C=O) groups is 1. The predicted molar refractivity (Wildman–Crippen MR) is 67.7 cm³/mol. The molecule has 1 aliphatic carbocycles. The predicted octanol–water partition coefficient (Wildman–Crippen LogP) is 1.95. The third-order valence-corrected chi connectivity index (χ3v) is 4.66. The van der Waals surface area contributed by atoms with E-state index in [0.29, 0.717) is 37.8 Å². The van der Waals surface area contributed by atoms with Crippen molar-refractivity contribution in [2.24, 2.45) is 11.8 Å². The molecule has 2 atom stereocenters. The molecule has 0 bridgehead atoms. The van der Waals surface area contributed by atoms with E-state index in [4.69, 9.17) is 10.00 Å². The fraction of sp³-hybridized carbons (Fsp3) is 0.857. The van der Waals surface area contributed by atoms with Gasteiger partial charge in [-0.3, -0.25) is 4.79 Å². The molecule has 0 aromatic rings. The molecule has 2 fully saturated rings. The highest BCUT2D eigenvalue weighted by Crippen LogP contribution is 2.34. The van der Waals surface area contributed by atoms with E-state index in [1.807, 2.05) is 4.90 Å². The lowest BCUT2D eigenvalue weighted by atomic mass is 9.90. The van der Waals surface area contributed by atoms with E-state index in [2.05, 4.69) is 13.0 Å². The summed E-state index contributed by atoms with van der Waals surface area (Å²) < 4.78 is 5.30. The van der Waals surface area contributed by atoms with E-state index in [-0.39, 0.29) is 5.92 Å². The third kappa shape index (κ3) is 2.37. The molecule has 1 saturated heterocycles. The van der Waals surface area contributed by atoms with Gasteiger partial charge in [0.2, 0.25) is 5.91 Å². The van der Waals surface area contributed by atoms with Crippen LogP contribution in [-0.4, -0.2) is 36.6 Å². The van der Waals surface area contributed by atoms with Gasteiger partial charge in [-0.25, -0.2) is 0 Å². The number of piperidine rings is 1. The SMILES string of the molecule is COC1(C#N)CCN(C(=O)C2CCCC2C)CC1. The lowest BCUT2D eigenvalue weighted by Crippen LogP contribution is -2.48. The van der Waals surface area contributed by atoms with Crippen LogP contribution < -0.4 is 0 Å². The lowest BCUT2D eigenvalue weighted by molar-refractivity contribution is -0.140. The molecule has 0 aromatic heterocycles. The number of amides is 1. The summed E-state index contributed by atoms with van der Waals surface area (Å²) in [5.41, 5.74) is -0.669. The van der Waals surface area contributed by atoms with Gasteiger partial charge in [-0.15, -0.1) is 0 Å². The van der Waals surface area contributed by atoms with E-state index in [0.717, 1.165) is 6.42 Å². The van der Waals surface area contributed by atoms with Crippen molar-refractivity contribution in [2.75, 3.05) is 20.2 Å². The maximum atomic E-state index is 12.4. The normalized spacial score (nSPS) is 31.1. The maximum Gasteiger partial charge on any atom is 0.225 e. The summed E-state index contributed by atoms with van der Waals surface area (Å²) in [6.45, 7) is 3.49. The van der Waals surface area contributed by atoms with Crippen LogP contribution in [0.25, 0.3) is 0 Å². The van der Waals surface area contributed by atoms with Crippen molar-refractivity contribution in [1.82, 2.24) is 4.90 Å². The molecule has 0 N–H and O–H groups in total. The molecule has 18 heavy (non-hydrogen) atoms. The van der Waals surface area contributed by atoms with Gasteiger partial charge in [-0.05, 0) is 18.8 Å². The Morgan fingerprint density at radius 3 is 2.50 bits per heavy atom. The zero-order valence-electron chi connectivity index (χ0n) is 11.3. The summed E-state index contributed by atoms with van der Waals surface area (Å²) in [5.74, 6) is 1.02. The van der Waals surface area contributed by atoms with Crippen molar-refractivity contribution in [3.05, 3.63) is 0 Å². The average molecular weight is 250 g/mol. The maximum absolute atomic E-state index is 12.4. The summed E-state index contributed by atoms with van der Waals surface area (Å²) in [6.07, 6.45) is 4.64. The number of nitriles is 1. The van der Waals surface area contributed by atoms with Gasteiger partial charge >= 0.3 is 0 Å². The summed E-state index contributed by atoms with van der Waals surface area (Å²) in [4.78, 5) is 14.3. The second-order valence-corrected chi connectivity index (χ2v) is 5.65. The Balaban J connectivity index is 1.94. The molecular weight excluding hydrogens is 228 g/mol. The molecule has 2 unspecified atom stereocenters. The van der Waals surface area contributed by atoms with E-state index in [9.17, 15) is 4.79 Å². The smallest absolute Gasteiger partial charge is 0.225 e. The number of ether oxygens (including phenoxy) is 1. The Bertz CT molecular complexity index is 353. The van der Waals surface area contributed by atoms with Crippen LogP contribution >= 0.6 is 0 Å². The van der Waals surface area contributed by atoms with Gasteiger partial charge in [0, 0.05) is 39.0 Å². The van der Waals surface area contributed by atoms with E-state index in [1.54, 1.807) is 7.11 Å². The topological polar surface area (TPSA) is 53.3 Å². The van der Waals surface area contributed by atoms with Gasteiger partial charge in [0.1, 0.15) is 0 Å². The zero-order chi connectivity index (χ0) is 13.2. The number of hydrogen-bond donors (Lipinski definition) is 0. The Morgan fingerprint density at radius 1 is 1.39 bits per heavy atom. The number of methoxy groups -OCH3 is 1. The first-order chi connectivity index (χ1) is 8.62. The third-order valence-electron chi connectivity index (χ3n) is 4.66. The summed E-state index contributed by atoms with van der Waals surface area (Å²) in [5, 5.41) is 9.14. The minimum Gasteiger partial charge on any atom is -0.363 e. The van der Waals surface area contributed by atoms with Crippen LogP contribution in [0.4, 0.5) is 0 Å². The van der Waals surface area contributed by atoms with Crippen LogP contribution in [0.5, 0.6) is 0 Å². The first-order valence-electron chi connectivity index (χ1n) is 6.87. The number of hydrogen-bond acceptors (Lipinski definition) is 3. The highest BCUT2D eigenvalue weighted by atomic mass is 16.5. The zero-order valence-corrected chi connectivity index (χ0v) is 11.3. The Labute approximate surface area is 109 Å². The van der Waals surface area contributed by atoms with E-state index in [1.165, 1.54) is 12.8 Å². The van der Waals surface area contributed by atoms with Gasteiger partial charge in [-0.1, -0.05) is 13.3 Å². The van der Waals surface area contributed by atoms with E-state index < -0.39 is 5.60 Å². The highest BCUT2D eigenvalue weighted by Gasteiger charge is 2.39. The Morgan fingerprint density at radius 2 is 2.06 bits per heavy atom. The van der Waals surface area contributed by atoms with E-state index >= 15 is 0 Å². The average Bonchev–Trinajstić information content (AvgIpc) is 2.84. The molecule has 1 amide bonds. The monoisotopic (exact) mass is 250 g/mol. The first kappa shape index (κ1) is 13.4. The Hall–Kier alpha value is -1.08. The van der Waals surface area contributed by atoms with Crippen LogP contribution in [0.15, 0.2) is 0 Å². The first-order valence-corrected chi connectivity index (χ1v) is 6.87. The van der Waals surface area contributed by atoms with Crippen molar-refractivity contribution in [3.8, 4) is 6.07 Å². The molecule has 2 aliphatic rings. The van der Waals surface area contributed by atoms with Crippen LogP contribution in [0.1, 0.15) is 39.0 Å². The van der Waals surface area contributed by atoms with Crippen LogP contribution in [0.2, 0.25) is 0 Å². The molecule has 4 nitrogen and oxygen atoms in total. The van der Waals surface area contributed by atoms with Crippen molar-refractivity contribution < 1.29 is 9.53 Å². The number of nitrogens with zero attached hydrogens (tertiary/aromatic N) is 2. The highest BCUT2D eigenvalue weighted by molar-refractivity contribution is 5.79. The fourth-order valence-electron chi connectivity index (χ4n) is 3.20. The summed E-state index contributed by atoms with van der Waals surface area (Å²) >= 11 is 0. The summed E-state index contributed by atoms with van der Waals surface area (Å²) in [7, 11) is 1.58. The van der Waals surface area contributed by atoms with Gasteiger partial charge in [0.05, 0.1) is 6.07 Å². The number of carbonyl (C=O) groups excluding carboxylic acids is 1. The molecule has 1 aliphatic heterocycles. The standard InChI is InChI=1S/C14H22N2O2/c1-11-4-3-5-12(11)13(17)16-8-6-14(10-15,18-2)7-9-16/h11-12H,3-9H2,1-2H3. The molecule has 2 rings (SSSR count). The van der Waals surface area contributed by atoms with Crippen molar-refractivity contribution in [2.45, 2.75) is 44.6 Å². The van der Waals surface area contributed by atoms with Gasteiger partial charge < -0.3 is 9.64 Å². The second kappa shape index (κ2) is 5.27. The van der Waals surface area contributed by atoms with Crippen LogP contribution in [0.3, 0.4) is 0 Å². The van der Waals surface area contributed by atoms with Crippen molar-refractivity contribution >= 4 is 5.91 Å². The quantitative estimate of drug-likeness (QED) is 0.752. The van der Waals surface area contributed by atoms with Crippen molar-refractivity contribution in [3.63, 3.8) is 0 Å². The lowest BCUT2D eigenvalue weighted by Gasteiger charge is -2.37. The molecule has 1 saturated carbocycles. The number of likely N-dealkylation sites (tertiary alicyclic amines) is 1. The van der Waals surface area contributed by atoms with Crippen LogP contribution in [0, 0.1) is 23.2 Å². The molecule has 100 valence electrons. The van der Waals surface area contributed by atoms with Gasteiger partial charge in [0.25, 0.3) is 0 Å². The largest absolute Gasteiger partial charge is 0.363 e. The van der Waals surface area contributed by atoms with Gasteiger partial charge in [-0.2, -0.15) is 5.26 Å². The minimum absolute atomic E-state index is 0.210.